The SMILES string of the molecule is O=C(NC[C@@H]1COc2ccccc2O1)c1ccc(Cl)c(S(=O)(=O)N2CCc3ccccc32)c1. The van der Waals surface area contributed by atoms with Gasteiger partial charge >= 0.3 is 0 Å². The molecule has 1 amide bonds. The highest BCUT2D eigenvalue weighted by molar-refractivity contribution is 7.93. The third kappa shape index (κ3) is 4.12. The van der Waals surface area contributed by atoms with E-state index in [-0.39, 0.29) is 28.1 Å². The Morgan fingerprint density at radius 3 is 2.67 bits per heavy atom. The third-order valence-corrected chi connectivity index (χ3v) is 7.96. The van der Waals surface area contributed by atoms with E-state index in [1.807, 2.05) is 30.3 Å². The number of nitrogens with one attached hydrogen (secondary N) is 1. The number of carbonyl (C=O) groups excluding carboxylic acids is 1. The molecule has 0 radical (unpaired) electrons. The van der Waals surface area contributed by atoms with Crippen molar-refractivity contribution in [3.05, 3.63) is 82.9 Å². The molecule has 7 nitrogen and oxygen atoms in total. The van der Waals surface area contributed by atoms with E-state index in [1.54, 1.807) is 18.2 Å². The minimum absolute atomic E-state index is 0.0663. The Balaban J connectivity index is 1.32. The summed E-state index contributed by atoms with van der Waals surface area (Å²) in [5, 5.41) is 2.85. The summed E-state index contributed by atoms with van der Waals surface area (Å²) in [6.45, 7) is 0.832. The first-order valence-corrected chi connectivity index (χ1v) is 12.3. The molecule has 0 saturated carbocycles. The van der Waals surface area contributed by atoms with Crippen LogP contribution in [0.25, 0.3) is 0 Å². The molecule has 2 heterocycles. The lowest BCUT2D eigenvalue weighted by Crippen LogP contribution is -2.40. The lowest BCUT2D eigenvalue weighted by atomic mass is 10.2. The molecule has 0 fully saturated rings. The van der Waals surface area contributed by atoms with E-state index < -0.39 is 15.9 Å². The molecule has 5 rings (SSSR count). The van der Waals surface area contributed by atoms with E-state index >= 15 is 0 Å². The van der Waals surface area contributed by atoms with Crippen molar-refractivity contribution < 1.29 is 22.7 Å². The van der Waals surface area contributed by atoms with Crippen LogP contribution < -0.4 is 19.1 Å². The third-order valence-electron chi connectivity index (χ3n) is 5.66. The number of hydrogen-bond donors (Lipinski definition) is 1. The standard InChI is InChI=1S/C24H21ClN2O5S/c25-19-10-9-17(24(28)26-14-18-15-31-21-7-3-4-8-22(21)32-18)13-23(19)33(29,30)27-12-11-16-5-1-2-6-20(16)27/h1-10,13,18H,11-12,14-15H2,(H,26,28)/t18-/m1/s1. The highest BCUT2D eigenvalue weighted by atomic mass is 35.5. The van der Waals surface area contributed by atoms with Crippen LogP contribution in [-0.2, 0) is 16.4 Å². The molecule has 2 aliphatic heterocycles. The minimum Gasteiger partial charge on any atom is -0.486 e. The van der Waals surface area contributed by atoms with E-state index in [0.717, 1.165) is 5.56 Å². The monoisotopic (exact) mass is 484 g/mol. The summed E-state index contributed by atoms with van der Waals surface area (Å²) < 4.78 is 39.6. The van der Waals surface area contributed by atoms with Gasteiger partial charge in [0.25, 0.3) is 15.9 Å². The molecule has 3 aromatic carbocycles. The largest absolute Gasteiger partial charge is 0.486 e. The minimum atomic E-state index is -3.93. The lowest BCUT2D eigenvalue weighted by Gasteiger charge is -2.26. The second-order valence-electron chi connectivity index (χ2n) is 7.81. The first-order valence-electron chi connectivity index (χ1n) is 10.5. The lowest BCUT2D eigenvalue weighted by molar-refractivity contribution is 0.0789. The molecule has 33 heavy (non-hydrogen) atoms. The Bertz CT molecular complexity index is 1330. The van der Waals surface area contributed by atoms with Crippen LogP contribution in [0.2, 0.25) is 5.02 Å². The van der Waals surface area contributed by atoms with Gasteiger partial charge < -0.3 is 14.8 Å². The van der Waals surface area contributed by atoms with Crippen molar-refractivity contribution in [3.63, 3.8) is 0 Å². The Kier molecular flexibility index (Phi) is 5.64. The highest BCUT2D eigenvalue weighted by Gasteiger charge is 2.32. The van der Waals surface area contributed by atoms with Crippen LogP contribution in [0.4, 0.5) is 5.69 Å². The van der Waals surface area contributed by atoms with Crippen molar-refractivity contribution in [2.75, 3.05) is 24.0 Å². The second-order valence-corrected chi connectivity index (χ2v) is 10.0. The highest BCUT2D eigenvalue weighted by Crippen LogP contribution is 2.35. The zero-order valence-corrected chi connectivity index (χ0v) is 19.1. The van der Waals surface area contributed by atoms with Gasteiger partial charge in [0.2, 0.25) is 0 Å². The average molecular weight is 485 g/mol. The number of hydrogen-bond acceptors (Lipinski definition) is 5. The van der Waals surface area contributed by atoms with Gasteiger partial charge in [-0.2, -0.15) is 0 Å². The number of fused-ring (bicyclic) bond motifs is 2. The van der Waals surface area contributed by atoms with Crippen LogP contribution in [0.1, 0.15) is 15.9 Å². The number of benzene rings is 3. The van der Waals surface area contributed by atoms with Gasteiger partial charge in [-0.05, 0) is 48.4 Å². The van der Waals surface area contributed by atoms with Gasteiger partial charge in [0.1, 0.15) is 17.6 Å². The number of ether oxygens (including phenoxy) is 2. The summed E-state index contributed by atoms with van der Waals surface area (Å²) in [5.41, 5.74) is 1.79. The van der Waals surface area contributed by atoms with Crippen LogP contribution in [0.5, 0.6) is 11.5 Å². The number of para-hydroxylation sites is 3. The van der Waals surface area contributed by atoms with E-state index in [4.69, 9.17) is 21.1 Å². The van der Waals surface area contributed by atoms with Gasteiger partial charge in [-0.1, -0.05) is 41.9 Å². The summed E-state index contributed by atoms with van der Waals surface area (Å²) in [6, 6.07) is 18.9. The fourth-order valence-corrected chi connectivity index (χ4v) is 6.00. The molecule has 9 heteroatoms. The summed E-state index contributed by atoms with van der Waals surface area (Å²) in [4.78, 5) is 12.7. The zero-order valence-electron chi connectivity index (χ0n) is 17.5. The Morgan fingerprint density at radius 2 is 1.82 bits per heavy atom. The maximum atomic E-state index is 13.4. The predicted molar refractivity (Wildman–Crippen MR) is 125 cm³/mol. The molecular weight excluding hydrogens is 464 g/mol. The van der Waals surface area contributed by atoms with E-state index in [0.29, 0.717) is 36.8 Å². The smallest absolute Gasteiger partial charge is 0.265 e. The Morgan fingerprint density at radius 1 is 1.06 bits per heavy atom. The maximum absolute atomic E-state index is 13.4. The molecule has 0 aromatic heterocycles. The summed E-state index contributed by atoms with van der Waals surface area (Å²) >= 11 is 6.26. The van der Waals surface area contributed by atoms with Gasteiger partial charge in [-0.15, -0.1) is 0 Å². The van der Waals surface area contributed by atoms with Crippen LogP contribution >= 0.6 is 11.6 Å². The van der Waals surface area contributed by atoms with Gasteiger partial charge in [0.15, 0.2) is 11.5 Å². The normalized spacial score (nSPS) is 16.9. The van der Waals surface area contributed by atoms with Gasteiger partial charge in [-0.25, -0.2) is 8.42 Å². The molecule has 170 valence electrons. The van der Waals surface area contributed by atoms with E-state index in [9.17, 15) is 13.2 Å². The Labute approximate surface area is 196 Å². The molecule has 0 spiro atoms. The fraction of sp³-hybridized carbons (Fsp3) is 0.208. The predicted octanol–water partition coefficient (Wildman–Crippen LogP) is 3.66. The number of rotatable bonds is 5. The van der Waals surface area contributed by atoms with E-state index in [2.05, 4.69) is 5.32 Å². The van der Waals surface area contributed by atoms with Gasteiger partial charge in [0, 0.05) is 12.1 Å². The van der Waals surface area contributed by atoms with Gasteiger partial charge in [0.05, 0.1) is 17.3 Å². The molecule has 2 aliphatic rings. The molecule has 3 aromatic rings. The fourth-order valence-electron chi connectivity index (χ4n) is 3.99. The maximum Gasteiger partial charge on any atom is 0.265 e. The molecule has 1 N–H and O–H groups in total. The number of halogens is 1. The zero-order chi connectivity index (χ0) is 23.0. The van der Waals surface area contributed by atoms with Crippen LogP contribution in [0, 0.1) is 0 Å². The van der Waals surface area contributed by atoms with Crippen molar-refractivity contribution in [2.45, 2.75) is 17.4 Å². The number of amides is 1. The summed E-state index contributed by atoms with van der Waals surface area (Å²) in [5.74, 6) is 0.859. The molecule has 0 bridgehead atoms. The van der Waals surface area contributed by atoms with Crippen LogP contribution in [0.15, 0.2) is 71.6 Å². The number of sulfonamides is 1. The second kappa shape index (κ2) is 8.61. The van der Waals surface area contributed by atoms with Crippen molar-refractivity contribution in [1.29, 1.82) is 0 Å². The van der Waals surface area contributed by atoms with Crippen molar-refractivity contribution in [1.82, 2.24) is 5.32 Å². The average Bonchev–Trinajstić information content (AvgIpc) is 3.28. The molecule has 0 aliphatic carbocycles. The van der Waals surface area contributed by atoms with Crippen LogP contribution in [0.3, 0.4) is 0 Å². The molecule has 0 saturated heterocycles. The van der Waals surface area contributed by atoms with Crippen molar-refractivity contribution >= 4 is 33.2 Å². The quantitative estimate of drug-likeness (QED) is 0.597. The first-order chi connectivity index (χ1) is 15.9. The first kappa shape index (κ1) is 21.6. The molecule has 1 atom stereocenters. The van der Waals surface area contributed by atoms with E-state index in [1.165, 1.54) is 22.5 Å². The number of carbonyl (C=O) groups is 1. The number of nitrogens with zero attached hydrogens (tertiary/aromatic N) is 1. The van der Waals surface area contributed by atoms with Gasteiger partial charge in [-0.3, -0.25) is 9.10 Å². The Hall–Kier alpha value is -3.23. The summed E-state index contributed by atoms with van der Waals surface area (Å²) in [6.07, 6.45) is 0.264. The van der Waals surface area contributed by atoms with Crippen LogP contribution in [-0.4, -0.2) is 40.1 Å². The number of anilines is 1. The molecule has 0 unspecified atom stereocenters. The van der Waals surface area contributed by atoms with Crippen molar-refractivity contribution in [2.24, 2.45) is 0 Å². The van der Waals surface area contributed by atoms with Crippen molar-refractivity contribution in [3.8, 4) is 11.5 Å². The molecular formula is C24H21ClN2O5S. The summed E-state index contributed by atoms with van der Waals surface area (Å²) in [7, 11) is -3.93. The topological polar surface area (TPSA) is 84.9 Å².